The lowest BCUT2D eigenvalue weighted by molar-refractivity contribution is -0.385. The van der Waals surface area contributed by atoms with E-state index < -0.39 is 15.8 Å². The van der Waals surface area contributed by atoms with Crippen LogP contribution in [-0.2, 0) is 11.4 Å². The summed E-state index contributed by atoms with van der Waals surface area (Å²) in [7, 11) is 0. The lowest BCUT2D eigenvalue weighted by Crippen LogP contribution is -2.15. The summed E-state index contributed by atoms with van der Waals surface area (Å²) in [5.41, 5.74) is 5.85. The zero-order valence-electron chi connectivity index (χ0n) is 15.7. The van der Waals surface area contributed by atoms with Crippen molar-refractivity contribution in [1.29, 1.82) is 0 Å². The summed E-state index contributed by atoms with van der Waals surface area (Å²) in [5.74, 6) is -0.533. The van der Waals surface area contributed by atoms with E-state index in [-0.39, 0.29) is 29.6 Å². The largest absolute Gasteiger partial charge is 0.486 e. The fourth-order valence-electron chi connectivity index (χ4n) is 2.33. The fourth-order valence-corrected chi connectivity index (χ4v) is 2.33. The van der Waals surface area contributed by atoms with E-state index in [4.69, 9.17) is 19.7 Å². The third-order valence-electron chi connectivity index (χ3n) is 3.89. The number of furan rings is 1. The van der Waals surface area contributed by atoms with Crippen LogP contribution in [0.2, 0.25) is 0 Å². The molecule has 0 saturated heterocycles. The number of carbonyl (C=O) groups excluding carboxylic acids is 1. The molecule has 0 amide bonds. The number of hydrogen-bond donors (Lipinski definition) is 1. The van der Waals surface area contributed by atoms with Gasteiger partial charge in [-0.1, -0.05) is 5.16 Å². The zero-order chi connectivity index (χ0) is 22.4. The summed E-state index contributed by atoms with van der Waals surface area (Å²) >= 11 is 0. The Balaban J connectivity index is 1.56. The molecule has 0 aliphatic carbocycles. The normalized spacial score (nSPS) is 11.0. The molecule has 0 unspecified atom stereocenters. The quantitative estimate of drug-likeness (QED) is 0.186. The summed E-state index contributed by atoms with van der Waals surface area (Å²) in [5, 5.41) is 24.8. The van der Waals surface area contributed by atoms with Crippen LogP contribution in [0.25, 0.3) is 0 Å². The minimum absolute atomic E-state index is 0.0285. The monoisotopic (exact) mass is 426 g/mol. The van der Waals surface area contributed by atoms with Crippen molar-refractivity contribution < 1.29 is 28.6 Å². The van der Waals surface area contributed by atoms with Crippen molar-refractivity contribution in [3.8, 4) is 5.75 Å². The van der Waals surface area contributed by atoms with Crippen LogP contribution < -0.4 is 10.5 Å². The molecule has 1 heterocycles. The Bertz CT molecular complexity index is 1140. The highest BCUT2D eigenvalue weighted by atomic mass is 16.7. The van der Waals surface area contributed by atoms with Gasteiger partial charge < -0.3 is 19.7 Å². The second-order valence-corrected chi connectivity index (χ2v) is 5.96. The molecule has 0 bridgehead atoms. The first kappa shape index (κ1) is 21.0. The number of ether oxygens (including phenoxy) is 1. The maximum Gasteiger partial charge on any atom is 0.400 e. The highest BCUT2D eigenvalue weighted by Gasteiger charge is 2.15. The second-order valence-electron chi connectivity index (χ2n) is 5.96. The minimum atomic E-state index is -0.911. The number of nitro benzene ring substituents is 2. The second kappa shape index (κ2) is 9.17. The molecular formula is C19H14N4O8. The zero-order valence-corrected chi connectivity index (χ0v) is 15.7. The number of non-ortho nitro benzene ring substituents is 2. The van der Waals surface area contributed by atoms with Crippen molar-refractivity contribution in [2.45, 2.75) is 6.61 Å². The summed E-state index contributed by atoms with van der Waals surface area (Å²) in [6.07, 6.45) is 0. The van der Waals surface area contributed by atoms with Gasteiger partial charge in [-0.2, -0.15) is 0 Å². The standard InChI is InChI=1S/C19H14N4O8/c20-18(12-1-3-13(4-2-12)22(25)26)21-31-19(24)17-10-9-16(30-17)11-29-15-7-5-14(6-8-15)23(27)28/h1-10H,11H2,(H2,20,21). The molecule has 2 aromatic carbocycles. The Kier molecular flexibility index (Phi) is 6.21. The number of hydrogen-bond acceptors (Lipinski definition) is 9. The first-order valence-electron chi connectivity index (χ1n) is 8.59. The van der Waals surface area contributed by atoms with Crippen molar-refractivity contribution >= 4 is 23.2 Å². The third kappa shape index (κ3) is 5.41. The van der Waals surface area contributed by atoms with Crippen molar-refractivity contribution in [3.63, 3.8) is 0 Å². The van der Waals surface area contributed by atoms with Crippen LogP contribution in [0.1, 0.15) is 21.9 Å². The fraction of sp³-hybridized carbons (Fsp3) is 0.0526. The number of benzene rings is 2. The molecule has 0 spiro atoms. The molecule has 158 valence electrons. The van der Waals surface area contributed by atoms with Crippen LogP contribution in [0.5, 0.6) is 5.75 Å². The van der Waals surface area contributed by atoms with Crippen LogP contribution in [0, 0.1) is 20.2 Å². The van der Waals surface area contributed by atoms with Crippen LogP contribution >= 0.6 is 0 Å². The van der Waals surface area contributed by atoms with E-state index in [1.807, 2.05) is 0 Å². The van der Waals surface area contributed by atoms with E-state index in [0.717, 1.165) is 0 Å². The molecule has 12 nitrogen and oxygen atoms in total. The van der Waals surface area contributed by atoms with E-state index in [0.29, 0.717) is 17.1 Å². The lowest BCUT2D eigenvalue weighted by atomic mass is 10.2. The van der Waals surface area contributed by atoms with Gasteiger partial charge in [0.25, 0.3) is 11.4 Å². The van der Waals surface area contributed by atoms with E-state index in [9.17, 15) is 25.0 Å². The molecule has 0 aliphatic rings. The molecule has 0 radical (unpaired) electrons. The molecule has 31 heavy (non-hydrogen) atoms. The molecule has 2 N–H and O–H groups in total. The van der Waals surface area contributed by atoms with Crippen molar-refractivity contribution in [3.05, 3.63) is 98.0 Å². The molecule has 0 fully saturated rings. The Morgan fingerprint density at radius 2 is 1.52 bits per heavy atom. The van der Waals surface area contributed by atoms with Gasteiger partial charge in [0.05, 0.1) is 9.85 Å². The highest BCUT2D eigenvalue weighted by molar-refractivity contribution is 5.98. The molecule has 0 saturated carbocycles. The Morgan fingerprint density at radius 3 is 2.10 bits per heavy atom. The number of nitrogens with zero attached hydrogens (tertiary/aromatic N) is 3. The molecule has 12 heteroatoms. The smallest absolute Gasteiger partial charge is 0.400 e. The van der Waals surface area contributed by atoms with Crippen LogP contribution in [0.15, 0.2) is 70.2 Å². The number of oxime groups is 1. The minimum Gasteiger partial charge on any atom is -0.486 e. The molecule has 3 aromatic rings. The average Bonchev–Trinajstić information content (AvgIpc) is 3.25. The van der Waals surface area contributed by atoms with Gasteiger partial charge in [0, 0.05) is 29.8 Å². The van der Waals surface area contributed by atoms with Crippen molar-refractivity contribution in [2.24, 2.45) is 10.9 Å². The Labute approximate surface area is 173 Å². The first-order valence-corrected chi connectivity index (χ1v) is 8.59. The molecular weight excluding hydrogens is 412 g/mol. The SMILES string of the molecule is N/C(=N\OC(=O)c1ccc(COc2ccc([N+](=O)[O-])cc2)o1)c1ccc([N+](=O)[O-])cc1. The maximum atomic E-state index is 12.0. The summed E-state index contributed by atoms with van der Waals surface area (Å²) in [6.45, 7) is -0.0285. The summed E-state index contributed by atoms with van der Waals surface area (Å²) in [4.78, 5) is 37.0. The van der Waals surface area contributed by atoms with Gasteiger partial charge in [-0.3, -0.25) is 20.2 Å². The summed E-state index contributed by atoms with van der Waals surface area (Å²) < 4.78 is 10.8. The Hall–Kier alpha value is -4.74. The average molecular weight is 426 g/mol. The molecule has 1 aromatic heterocycles. The lowest BCUT2D eigenvalue weighted by Gasteiger charge is -2.03. The van der Waals surface area contributed by atoms with Crippen LogP contribution in [-0.4, -0.2) is 21.7 Å². The van der Waals surface area contributed by atoms with Gasteiger partial charge in [-0.05, 0) is 36.4 Å². The van der Waals surface area contributed by atoms with Gasteiger partial charge in [-0.15, -0.1) is 0 Å². The topological polar surface area (TPSA) is 173 Å². The van der Waals surface area contributed by atoms with E-state index >= 15 is 0 Å². The summed E-state index contributed by atoms with van der Waals surface area (Å²) in [6, 6.07) is 13.5. The number of rotatable bonds is 8. The molecule has 0 aliphatic heterocycles. The first-order chi connectivity index (χ1) is 14.8. The number of carbonyl (C=O) groups is 1. The van der Waals surface area contributed by atoms with E-state index in [1.165, 1.54) is 60.7 Å². The van der Waals surface area contributed by atoms with E-state index in [1.54, 1.807) is 0 Å². The van der Waals surface area contributed by atoms with Crippen molar-refractivity contribution in [2.75, 3.05) is 0 Å². The van der Waals surface area contributed by atoms with E-state index in [2.05, 4.69) is 5.16 Å². The van der Waals surface area contributed by atoms with Crippen LogP contribution in [0.3, 0.4) is 0 Å². The predicted molar refractivity (Wildman–Crippen MR) is 105 cm³/mol. The molecule has 0 atom stereocenters. The molecule has 3 rings (SSSR count). The maximum absolute atomic E-state index is 12.0. The van der Waals surface area contributed by atoms with Gasteiger partial charge in [-0.25, -0.2) is 4.79 Å². The highest BCUT2D eigenvalue weighted by Crippen LogP contribution is 2.19. The van der Waals surface area contributed by atoms with Gasteiger partial charge in [0.15, 0.2) is 5.84 Å². The Morgan fingerprint density at radius 1 is 0.935 bits per heavy atom. The number of nitrogens with two attached hydrogens (primary N) is 1. The number of amidine groups is 1. The van der Waals surface area contributed by atoms with Crippen LogP contribution in [0.4, 0.5) is 11.4 Å². The predicted octanol–water partition coefficient (Wildman–Crippen LogP) is 3.15. The third-order valence-corrected chi connectivity index (χ3v) is 3.89. The van der Waals surface area contributed by atoms with Gasteiger partial charge >= 0.3 is 5.97 Å². The van der Waals surface area contributed by atoms with Crippen molar-refractivity contribution in [1.82, 2.24) is 0 Å². The van der Waals surface area contributed by atoms with Gasteiger partial charge in [0.1, 0.15) is 18.1 Å². The van der Waals surface area contributed by atoms with Gasteiger partial charge in [0.2, 0.25) is 5.76 Å². The number of nitro groups is 2.